The van der Waals surface area contributed by atoms with Crippen LogP contribution < -0.4 is 0 Å². The van der Waals surface area contributed by atoms with Gasteiger partial charge in [0, 0.05) is 12.8 Å². The van der Waals surface area contributed by atoms with E-state index in [0.717, 1.165) is 19.3 Å². The van der Waals surface area contributed by atoms with Crippen molar-refractivity contribution in [2.75, 3.05) is 0 Å². The molecule has 0 radical (unpaired) electrons. The van der Waals surface area contributed by atoms with E-state index in [-0.39, 0.29) is 30.2 Å². The van der Waals surface area contributed by atoms with Crippen LogP contribution in [0.3, 0.4) is 0 Å². The standard InChI is InChI=1S/C29H48N2O8/c1-3-4-5-6-7-8-9-10-11-12-13-14-15-16-26(35)39-28(25-18-30-20-38-25)29-31-22(19-37-29)23(33)17-24(34)27(36)21(2)32/h18-21,23-24,27-28,32-34,36H,3-17H2,1-2H3/t21-,23+,24-,27+,28+/m1/s1. The third-order valence-electron chi connectivity index (χ3n) is 6.90. The molecule has 0 aliphatic heterocycles. The second kappa shape index (κ2) is 18.9. The molecule has 0 saturated heterocycles. The van der Waals surface area contributed by atoms with Crippen molar-refractivity contribution in [3.05, 3.63) is 36.2 Å². The summed E-state index contributed by atoms with van der Waals surface area (Å²) in [5.41, 5.74) is 0.0823. The van der Waals surface area contributed by atoms with E-state index in [9.17, 15) is 25.2 Å². The summed E-state index contributed by atoms with van der Waals surface area (Å²) in [5, 5.41) is 39.6. The average molecular weight is 553 g/mol. The zero-order valence-corrected chi connectivity index (χ0v) is 23.5. The van der Waals surface area contributed by atoms with Gasteiger partial charge in [-0.05, 0) is 13.3 Å². The van der Waals surface area contributed by atoms with E-state index >= 15 is 0 Å². The monoisotopic (exact) mass is 552 g/mol. The highest BCUT2D eigenvalue weighted by molar-refractivity contribution is 5.69. The minimum absolute atomic E-state index is 0.00919. The van der Waals surface area contributed by atoms with E-state index in [4.69, 9.17) is 13.6 Å². The number of rotatable bonds is 22. The molecule has 10 heteroatoms. The molecule has 2 heterocycles. The number of aliphatic hydroxyl groups excluding tert-OH is 4. The number of hydrogen-bond donors (Lipinski definition) is 4. The van der Waals surface area contributed by atoms with Gasteiger partial charge in [-0.25, -0.2) is 9.97 Å². The van der Waals surface area contributed by atoms with Crippen LogP contribution >= 0.6 is 0 Å². The minimum Gasteiger partial charge on any atom is -0.445 e. The zero-order valence-electron chi connectivity index (χ0n) is 23.5. The third kappa shape index (κ3) is 12.6. The van der Waals surface area contributed by atoms with Gasteiger partial charge in [0.1, 0.15) is 24.2 Å². The van der Waals surface area contributed by atoms with Gasteiger partial charge in [-0.1, -0.05) is 84.0 Å². The Morgan fingerprint density at radius 3 is 2.03 bits per heavy atom. The summed E-state index contributed by atoms with van der Waals surface area (Å²) in [6.45, 7) is 3.58. The number of carbonyl (C=O) groups is 1. The van der Waals surface area contributed by atoms with Crippen molar-refractivity contribution in [1.82, 2.24) is 9.97 Å². The van der Waals surface area contributed by atoms with Gasteiger partial charge in [-0.2, -0.15) is 0 Å². The molecule has 4 N–H and O–H groups in total. The Bertz CT molecular complexity index is 886. The summed E-state index contributed by atoms with van der Waals surface area (Å²) < 4.78 is 16.4. The van der Waals surface area contributed by atoms with Gasteiger partial charge >= 0.3 is 5.97 Å². The zero-order chi connectivity index (χ0) is 28.5. The quantitative estimate of drug-likeness (QED) is 0.111. The lowest BCUT2D eigenvalue weighted by atomic mass is 10.0. The SMILES string of the molecule is CCCCCCCCCCCCCCCC(=O)O[C@@H](c1cnco1)c1nc([C@@H](O)C[C@@H](O)[C@@H](O)[C@@H](C)O)co1. The summed E-state index contributed by atoms with van der Waals surface area (Å²) in [6, 6.07) is 0. The van der Waals surface area contributed by atoms with Crippen molar-refractivity contribution < 1.29 is 38.8 Å². The molecule has 2 aromatic rings. The average Bonchev–Trinajstić information content (AvgIpc) is 3.62. The van der Waals surface area contributed by atoms with Crippen LogP contribution in [-0.4, -0.2) is 54.7 Å². The molecule has 0 saturated carbocycles. The van der Waals surface area contributed by atoms with Gasteiger partial charge < -0.3 is 34.0 Å². The fourth-order valence-corrected chi connectivity index (χ4v) is 4.45. The first-order valence-corrected chi connectivity index (χ1v) is 14.6. The second-order valence-corrected chi connectivity index (χ2v) is 10.4. The van der Waals surface area contributed by atoms with Gasteiger partial charge in [0.25, 0.3) is 0 Å². The molecule has 5 atom stereocenters. The first kappa shape index (κ1) is 32.9. The largest absolute Gasteiger partial charge is 0.445 e. The van der Waals surface area contributed by atoms with Crippen LogP contribution in [0, 0.1) is 0 Å². The Kier molecular flexibility index (Phi) is 16.0. The second-order valence-electron chi connectivity index (χ2n) is 10.4. The fraction of sp³-hybridized carbons (Fsp3) is 0.759. The maximum atomic E-state index is 12.6. The molecular weight excluding hydrogens is 504 g/mol. The number of oxazole rings is 2. The lowest BCUT2D eigenvalue weighted by Gasteiger charge is -2.21. The van der Waals surface area contributed by atoms with Crippen LogP contribution in [0.5, 0.6) is 0 Å². The maximum Gasteiger partial charge on any atom is 0.307 e. The van der Waals surface area contributed by atoms with Crippen LogP contribution in [0.4, 0.5) is 0 Å². The molecule has 2 rings (SSSR count). The highest BCUT2D eigenvalue weighted by Gasteiger charge is 2.30. The molecule has 0 aliphatic carbocycles. The van der Waals surface area contributed by atoms with Gasteiger partial charge in [0.05, 0.1) is 18.4 Å². The maximum absolute atomic E-state index is 12.6. The van der Waals surface area contributed by atoms with E-state index < -0.39 is 36.5 Å². The summed E-state index contributed by atoms with van der Waals surface area (Å²) in [7, 11) is 0. The van der Waals surface area contributed by atoms with Crippen LogP contribution in [0.15, 0.2) is 27.7 Å². The van der Waals surface area contributed by atoms with E-state index in [2.05, 4.69) is 16.9 Å². The van der Waals surface area contributed by atoms with Crippen LogP contribution in [0.2, 0.25) is 0 Å². The molecule has 0 aromatic carbocycles. The number of aliphatic hydroxyl groups is 4. The molecule has 0 spiro atoms. The molecule has 2 aromatic heterocycles. The summed E-state index contributed by atoms with van der Waals surface area (Å²) >= 11 is 0. The van der Waals surface area contributed by atoms with E-state index in [1.54, 1.807) is 0 Å². The number of unbranched alkanes of at least 4 members (excludes halogenated alkanes) is 12. The van der Waals surface area contributed by atoms with Gasteiger partial charge in [-0.15, -0.1) is 0 Å². The Hall–Kier alpha value is -2.27. The lowest BCUT2D eigenvalue weighted by Crippen LogP contribution is -2.36. The Morgan fingerprint density at radius 2 is 1.49 bits per heavy atom. The minimum atomic E-state index is -1.42. The lowest BCUT2D eigenvalue weighted by molar-refractivity contribution is -0.149. The normalized spacial score (nSPS) is 15.5. The molecule has 0 fully saturated rings. The number of aromatic nitrogens is 2. The number of esters is 1. The van der Waals surface area contributed by atoms with Gasteiger partial charge in [0.2, 0.25) is 12.0 Å². The summed E-state index contributed by atoms with van der Waals surface area (Å²) in [6.07, 6.45) is 13.3. The molecule has 0 aliphatic rings. The molecule has 10 nitrogen and oxygen atoms in total. The van der Waals surface area contributed by atoms with Gasteiger partial charge in [-0.3, -0.25) is 4.79 Å². The number of hydrogen-bond acceptors (Lipinski definition) is 10. The van der Waals surface area contributed by atoms with Crippen LogP contribution in [0.25, 0.3) is 0 Å². The molecule has 222 valence electrons. The van der Waals surface area contributed by atoms with Crippen molar-refractivity contribution in [2.24, 2.45) is 0 Å². The number of carbonyl (C=O) groups excluding carboxylic acids is 1. The van der Waals surface area contributed by atoms with Crippen molar-refractivity contribution in [3.63, 3.8) is 0 Å². The van der Waals surface area contributed by atoms with E-state index in [0.29, 0.717) is 0 Å². The Balaban J connectivity index is 1.72. The Morgan fingerprint density at radius 1 is 0.897 bits per heavy atom. The predicted molar refractivity (Wildman–Crippen MR) is 145 cm³/mol. The summed E-state index contributed by atoms with van der Waals surface area (Å²) in [5.74, 6) is -0.207. The van der Waals surface area contributed by atoms with Gasteiger partial charge in [0.15, 0.2) is 12.2 Å². The molecule has 0 unspecified atom stereocenters. The van der Waals surface area contributed by atoms with Crippen molar-refractivity contribution >= 4 is 5.97 Å². The first-order valence-electron chi connectivity index (χ1n) is 14.6. The Labute approximate surface area is 231 Å². The van der Waals surface area contributed by atoms with Crippen LogP contribution in [-0.2, 0) is 9.53 Å². The molecular formula is C29H48N2O8. The predicted octanol–water partition coefficient (Wildman–Crippen LogP) is 5.30. The fourth-order valence-electron chi connectivity index (χ4n) is 4.45. The van der Waals surface area contributed by atoms with Crippen molar-refractivity contribution in [2.45, 2.75) is 141 Å². The highest BCUT2D eigenvalue weighted by atomic mass is 16.6. The molecule has 39 heavy (non-hydrogen) atoms. The highest BCUT2D eigenvalue weighted by Crippen LogP contribution is 2.29. The number of nitrogens with zero attached hydrogens (tertiary/aromatic N) is 2. The first-order chi connectivity index (χ1) is 18.8. The smallest absolute Gasteiger partial charge is 0.307 e. The van der Waals surface area contributed by atoms with E-state index in [1.165, 1.54) is 90.0 Å². The third-order valence-corrected chi connectivity index (χ3v) is 6.90. The van der Waals surface area contributed by atoms with Crippen LogP contribution in [0.1, 0.15) is 140 Å². The van der Waals surface area contributed by atoms with Crippen molar-refractivity contribution in [1.29, 1.82) is 0 Å². The van der Waals surface area contributed by atoms with Crippen molar-refractivity contribution in [3.8, 4) is 0 Å². The van der Waals surface area contributed by atoms with E-state index in [1.807, 2.05) is 0 Å². The molecule has 0 amide bonds. The number of ether oxygens (including phenoxy) is 1. The molecule has 0 bridgehead atoms. The topological polar surface area (TPSA) is 159 Å². The summed E-state index contributed by atoms with van der Waals surface area (Å²) in [4.78, 5) is 20.6.